The van der Waals surface area contributed by atoms with Crippen LogP contribution in [0.1, 0.15) is 38.1 Å². The molecule has 0 aliphatic heterocycles. The van der Waals surface area contributed by atoms with Crippen LogP contribution in [0.4, 0.5) is 5.69 Å². The zero-order chi connectivity index (χ0) is 13.1. The molecule has 0 unspecified atom stereocenters. The van der Waals surface area contributed by atoms with Crippen LogP contribution in [0.3, 0.4) is 0 Å². The van der Waals surface area contributed by atoms with E-state index in [0.717, 1.165) is 4.90 Å². The molecule has 0 bridgehead atoms. The summed E-state index contributed by atoms with van der Waals surface area (Å²) in [4.78, 5) is 12.6. The molecule has 1 aromatic carbocycles. The molecule has 0 aromatic heterocycles. The second-order valence-electron chi connectivity index (χ2n) is 4.65. The smallest absolute Gasteiger partial charge is 0.340 e. The molecule has 0 aliphatic rings. The molecule has 0 radical (unpaired) electrons. The van der Waals surface area contributed by atoms with Gasteiger partial charge in [0.1, 0.15) is 0 Å². The molecule has 0 saturated heterocycles. The van der Waals surface area contributed by atoms with Gasteiger partial charge in [0.2, 0.25) is 0 Å². The largest absolute Gasteiger partial charge is 0.462 e. The highest BCUT2D eigenvalue weighted by Crippen LogP contribution is 2.36. The van der Waals surface area contributed by atoms with Crippen LogP contribution in [0.2, 0.25) is 0 Å². The standard InChI is InChI=1S/C13H19NO2S/c1-5-16-12(15)9-7-6-8-10(11(9)14)17-13(2,3)4/h6-8H,5,14H2,1-4H3. The molecule has 4 heteroatoms. The summed E-state index contributed by atoms with van der Waals surface area (Å²) < 4.78 is 5.02. The number of esters is 1. The summed E-state index contributed by atoms with van der Waals surface area (Å²) in [5.41, 5.74) is 6.95. The number of ether oxygens (including phenoxy) is 1. The molecule has 1 rings (SSSR count). The highest BCUT2D eigenvalue weighted by Gasteiger charge is 2.18. The van der Waals surface area contributed by atoms with Crippen LogP contribution in [0.5, 0.6) is 0 Å². The second kappa shape index (κ2) is 5.45. The predicted molar refractivity (Wildman–Crippen MR) is 72.4 cm³/mol. The number of nitrogens with two attached hydrogens (primary N) is 1. The Morgan fingerprint density at radius 3 is 2.59 bits per heavy atom. The lowest BCUT2D eigenvalue weighted by Gasteiger charge is -2.19. The van der Waals surface area contributed by atoms with E-state index in [2.05, 4.69) is 20.8 Å². The van der Waals surface area contributed by atoms with Crippen LogP contribution in [0.15, 0.2) is 23.1 Å². The number of nitrogen functional groups attached to an aromatic ring is 1. The average molecular weight is 253 g/mol. The summed E-state index contributed by atoms with van der Waals surface area (Å²) >= 11 is 1.64. The van der Waals surface area contributed by atoms with Gasteiger partial charge in [-0.25, -0.2) is 4.79 Å². The van der Waals surface area contributed by atoms with Gasteiger partial charge >= 0.3 is 5.97 Å². The fraction of sp³-hybridized carbons (Fsp3) is 0.462. The SMILES string of the molecule is CCOC(=O)c1cccc(SC(C)(C)C)c1N. The maximum atomic E-state index is 11.7. The third kappa shape index (κ3) is 3.97. The van der Waals surface area contributed by atoms with Gasteiger partial charge in [-0.15, -0.1) is 11.8 Å². The van der Waals surface area contributed by atoms with E-state index in [4.69, 9.17) is 10.5 Å². The van der Waals surface area contributed by atoms with Crippen LogP contribution >= 0.6 is 11.8 Å². The summed E-state index contributed by atoms with van der Waals surface area (Å²) in [6, 6.07) is 5.45. The molecular formula is C13H19NO2S. The molecule has 17 heavy (non-hydrogen) atoms. The Morgan fingerprint density at radius 1 is 1.41 bits per heavy atom. The van der Waals surface area contributed by atoms with Crippen molar-refractivity contribution < 1.29 is 9.53 Å². The first-order chi connectivity index (χ1) is 7.85. The van der Waals surface area contributed by atoms with Gasteiger partial charge in [-0.05, 0) is 19.1 Å². The van der Waals surface area contributed by atoms with Crippen molar-refractivity contribution in [2.75, 3.05) is 12.3 Å². The molecule has 94 valence electrons. The van der Waals surface area contributed by atoms with Crippen molar-refractivity contribution in [3.63, 3.8) is 0 Å². The van der Waals surface area contributed by atoms with Gasteiger partial charge in [-0.2, -0.15) is 0 Å². The highest BCUT2D eigenvalue weighted by atomic mass is 32.2. The van der Waals surface area contributed by atoms with E-state index in [-0.39, 0.29) is 10.7 Å². The Kier molecular flexibility index (Phi) is 4.46. The molecule has 0 saturated carbocycles. The maximum Gasteiger partial charge on any atom is 0.340 e. The van der Waals surface area contributed by atoms with E-state index in [0.29, 0.717) is 17.9 Å². The maximum absolute atomic E-state index is 11.7. The molecule has 0 fully saturated rings. The van der Waals surface area contributed by atoms with Crippen molar-refractivity contribution in [2.24, 2.45) is 0 Å². The molecule has 3 nitrogen and oxygen atoms in total. The monoisotopic (exact) mass is 253 g/mol. The number of thioether (sulfide) groups is 1. The van der Waals surface area contributed by atoms with E-state index >= 15 is 0 Å². The molecule has 1 aromatic rings. The summed E-state index contributed by atoms with van der Waals surface area (Å²) in [5.74, 6) is -0.360. The van der Waals surface area contributed by atoms with Gasteiger partial charge in [0, 0.05) is 9.64 Å². The number of carbonyl (C=O) groups is 1. The van der Waals surface area contributed by atoms with Crippen LogP contribution in [0.25, 0.3) is 0 Å². The second-order valence-corrected chi connectivity index (χ2v) is 6.52. The number of hydrogen-bond donors (Lipinski definition) is 1. The average Bonchev–Trinajstić information content (AvgIpc) is 2.19. The lowest BCUT2D eigenvalue weighted by Crippen LogP contribution is -2.11. The fourth-order valence-corrected chi connectivity index (χ4v) is 2.38. The van der Waals surface area contributed by atoms with Crippen LogP contribution < -0.4 is 5.73 Å². The zero-order valence-corrected chi connectivity index (χ0v) is 11.6. The summed E-state index contributed by atoms with van der Waals surface area (Å²) in [6.45, 7) is 8.45. The van der Waals surface area contributed by atoms with E-state index in [1.165, 1.54) is 0 Å². The summed E-state index contributed by atoms with van der Waals surface area (Å²) in [5, 5.41) is 0. The number of carbonyl (C=O) groups excluding carboxylic acids is 1. The predicted octanol–water partition coefficient (Wildman–Crippen LogP) is 3.34. The van der Waals surface area contributed by atoms with Crippen LogP contribution in [-0.2, 0) is 4.74 Å². The topological polar surface area (TPSA) is 52.3 Å². The molecule has 0 amide bonds. The van der Waals surface area contributed by atoms with Crippen molar-refractivity contribution in [1.82, 2.24) is 0 Å². The van der Waals surface area contributed by atoms with Gasteiger partial charge in [-0.1, -0.05) is 26.8 Å². The molecular weight excluding hydrogens is 234 g/mol. The third-order valence-electron chi connectivity index (χ3n) is 1.98. The first kappa shape index (κ1) is 13.9. The van der Waals surface area contributed by atoms with Crippen LogP contribution in [0, 0.1) is 0 Å². The van der Waals surface area contributed by atoms with Gasteiger partial charge in [0.25, 0.3) is 0 Å². The molecule has 0 aliphatic carbocycles. The number of para-hydroxylation sites is 1. The minimum atomic E-state index is -0.360. The Bertz CT molecular complexity index is 410. The van der Waals surface area contributed by atoms with Gasteiger partial charge < -0.3 is 10.5 Å². The van der Waals surface area contributed by atoms with Crippen molar-refractivity contribution >= 4 is 23.4 Å². The van der Waals surface area contributed by atoms with Crippen LogP contribution in [-0.4, -0.2) is 17.3 Å². The van der Waals surface area contributed by atoms with Gasteiger partial charge in [0.15, 0.2) is 0 Å². The van der Waals surface area contributed by atoms with E-state index in [9.17, 15) is 4.79 Å². The number of hydrogen-bond acceptors (Lipinski definition) is 4. The third-order valence-corrected chi connectivity index (χ3v) is 3.17. The van der Waals surface area contributed by atoms with E-state index in [1.54, 1.807) is 24.8 Å². The van der Waals surface area contributed by atoms with Crippen molar-refractivity contribution in [3.8, 4) is 0 Å². The molecule has 0 spiro atoms. The minimum absolute atomic E-state index is 0.0569. The highest BCUT2D eigenvalue weighted by molar-refractivity contribution is 8.00. The Hall–Kier alpha value is -1.16. The quantitative estimate of drug-likeness (QED) is 0.510. The Morgan fingerprint density at radius 2 is 2.06 bits per heavy atom. The molecule has 0 heterocycles. The first-order valence-corrected chi connectivity index (χ1v) is 6.41. The molecule has 0 atom stereocenters. The lowest BCUT2D eigenvalue weighted by atomic mass is 10.2. The number of anilines is 1. The lowest BCUT2D eigenvalue weighted by molar-refractivity contribution is 0.0527. The zero-order valence-electron chi connectivity index (χ0n) is 10.7. The van der Waals surface area contributed by atoms with Crippen molar-refractivity contribution in [3.05, 3.63) is 23.8 Å². The van der Waals surface area contributed by atoms with Crippen molar-refractivity contribution in [2.45, 2.75) is 37.3 Å². The minimum Gasteiger partial charge on any atom is -0.462 e. The Labute approximate surface area is 107 Å². The first-order valence-electron chi connectivity index (χ1n) is 5.59. The number of benzene rings is 1. The normalized spacial score (nSPS) is 11.3. The fourth-order valence-electron chi connectivity index (χ4n) is 1.35. The van der Waals surface area contributed by atoms with Crippen molar-refractivity contribution in [1.29, 1.82) is 0 Å². The summed E-state index contributed by atoms with van der Waals surface area (Å²) in [7, 11) is 0. The Balaban J connectivity index is 3.03. The molecule has 2 N–H and O–H groups in total. The van der Waals surface area contributed by atoms with Gasteiger partial charge in [-0.3, -0.25) is 0 Å². The summed E-state index contributed by atoms with van der Waals surface area (Å²) in [6.07, 6.45) is 0. The van der Waals surface area contributed by atoms with E-state index < -0.39 is 0 Å². The van der Waals surface area contributed by atoms with Gasteiger partial charge in [0.05, 0.1) is 17.9 Å². The van der Waals surface area contributed by atoms with E-state index in [1.807, 2.05) is 12.1 Å². The number of rotatable bonds is 3.